The summed E-state index contributed by atoms with van der Waals surface area (Å²) in [4.78, 5) is 36.6. The van der Waals surface area contributed by atoms with Crippen molar-refractivity contribution in [2.24, 2.45) is 22.7 Å². The van der Waals surface area contributed by atoms with Gasteiger partial charge in [-0.1, -0.05) is 13.8 Å². The van der Waals surface area contributed by atoms with Gasteiger partial charge < -0.3 is 34.3 Å². The molecule has 0 aromatic heterocycles. The third kappa shape index (κ3) is 1.68. The van der Waals surface area contributed by atoms with Crippen LogP contribution in [0.1, 0.15) is 26.7 Å². The maximum absolute atomic E-state index is 13.1. The molecule has 0 amide bonds. The van der Waals surface area contributed by atoms with Crippen LogP contribution < -0.4 is 0 Å². The number of aldehydes is 1. The van der Waals surface area contributed by atoms with Crippen LogP contribution in [0, 0.1) is 22.7 Å². The number of rotatable bonds is 2. The van der Waals surface area contributed by atoms with Crippen LogP contribution in [0.15, 0.2) is 0 Å². The lowest BCUT2D eigenvalue weighted by molar-refractivity contribution is -0.210. The van der Waals surface area contributed by atoms with Crippen LogP contribution in [0.5, 0.6) is 0 Å². The molecule has 9 atom stereocenters. The Balaban J connectivity index is 1.97. The highest BCUT2D eigenvalue weighted by Crippen LogP contribution is 2.72. The Bertz CT molecular complexity index is 679. The van der Waals surface area contributed by atoms with E-state index in [1.54, 1.807) is 13.8 Å². The Morgan fingerprint density at radius 2 is 1.96 bits per heavy atom. The van der Waals surface area contributed by atoms with E-state index in [-0.39, 0.29) is 25.7 Å². The normalized spacial score (nSPS) is 53.8. The van der Waals surface area contributed by atoms with Crippen molar-refractivity contribution in [1.82, 2.24) is 0 Å². The minimum Gasteiger partial charge on any atom is -0.462 e. The highest BCUT2D eigenvalue weighted by molar-refractivity contribution is 5.87. The number of hydrogen-bond donors (Lipinski definition) is 3. The van der Waals surface area contributed by atoms with Crippen molar-refractivity contribution in [3.8, 4) is 0 Å². The molecule has 4 fully saturated rings. The van der Waals surface area contributed by atoms with Gasteiger partial charge in [0.25, 0.3) is 0 Å². The maximum Gasteiger partial charge on any atom is 0.339 e. The molecule has 0 radical (unpaired) electrons. The van der Waals surface area contributed by atoms with Crippen molar-refractivity contribution in [3.05, 3.63) is 0 Å². The third-order valence-corrected chi connectivity index (χ3v) is 7.18. The quantitative estimate of drug-likeness (QED) is 0.392. The van der Waals surface area contributed by atoms with E-state index in [0.717, 1.165) is 0 Å². The van der Waals surface area contributed by atoms with Gasteiger partial charge in [-0.3, -0.25) is 4.79 Å². The molecule has 1 aliphatic carbocycles. The van der Waals surface area contributed by atoms with E-state index < -0.39 is 64.8 Å². The summed E-state index contributed by atoms with van der Waals surface area (Å²) in [5.41, 5.74) is -4.68. The van der Waals surface area contributed by atoms with E-state index in [1.165, 1.54) is 0 Å². The molecule has 144 valence electrons. The fourth-order valence-electron chi connectivity index (χ4n) is 5.98. The van der Waals surface area contributed by atoms with Crippen LogP contribution in [0.2, 0.25) is 0 Å². The fraction of sp³-hybridized carbons (Fsp3) is 0.824. The van der Waals surface area contributed by atoms with Crippen LogP contribution >= 0.6 is 0 Å². The average molecular weight is 370 g/mol. The Hall–Kier alpha value is -1.55. The van der Waals surface area contributed by atoms with Gasteiger partial charge in [0.1, 0.15) is 25.1 Å². The fourth-order valence-corrected chi connectivity index (χ4v) is 5.98. The molecule has 3 heterocycles. The summed E-state index contributed by atoms with van der Waals surface area (Å²) in [6.07, 6.45) is -5.08. The number of ether oxygens (including phenoxy) is 3. The standard InChI is InChI=1S/C17H22O9/c1-7-11-9(25-12(7)21)4-15(2)16(10(20)5-18)3-8(19)6-24-14(23)17(11,15)26-13(16)22/h5,7-11,13,19-20,22H,3-4,6H2,1-2H3/t7-,8+,9?,10-,11?,13?,15?,16?,17?/m0/s1. The summed E-state index contributed by atoms with van der Waals surface area (Å²) in [5, 5.41) is 31.6. The number of carbonyl (C=O) groups is 3. The molecule has 3 saturated heterocycles. The zero-order valence-electron chi connectivity index (χ0n) is 14.5. The van der Waals surface area contributed by atoms with Crippen LogP contribution in [0.25, 0.3) is 0 Å². The van der Waals surface area contributed by atoms with Gasteiger partial charge in [-0.05, 0) is 12.8 Å². The third-order valence-electron chi connectivity index (χ3n) is 7.18. The first-order chi connectivity index (χ1) is 12.2. The van der Waals surface area contributed by atoms with E-state index in [9.17, 15) is 29.7 Å². The molecule has 26 heavy (non-hydrogen) atoms. The van der Waals surface area contributed by atoms with Crippen molar-refractivity contribution in [3.63, 3.8) is 0 Å². The van der Waals surface area contributed by atoms with Gasteiger partial charge >= 0.3 is 11.9 Å². The van der Waals surface area contributed by atoms with Crippen molar-refractivity contribution in [2.75, 3.05) is 6.61 Å². The van der Waals surface area contributed by atoms with Gasteiger partial charge in [0.2, 0.25) is 0 Å². The van der Waals surface area contributed by atoms with Crippen molar-refractivity contribution in [1.29, 1.82) is 0 Å². The molecular formula is C17H22O9. The minimum absolute atomic E-state index is 0.0948. The van der Waals surface area contributed by atoms with Crippen LogP contribution in [0.4, 0.5) is 0 Å². The molecule has 6 unspecified atom stereocenters. The number of aliphatic hydroxyl groups excluding tert-OH is 3. The molecular weight excluding hydrogens is 348 g/mol. The van der Waals surface area contributed by atoms with E-state index in [0.29, 0.717) is 0 Å². The average Bonchev–Trinajstić information content (AvgIpc) is 3.08. The lowest BCUT2D eigenvalue weighted by Gasteiger charge is -2.49. The lowest BCUT2D eigenvalue weighted by atomic mass is 9.53. The maximum atomic E-state index is 13.1. The van der Waals surface area contributed by atoms with E-state index >= 15 is 0 Å². The molecule has 3 N–H and O–H groups in total. The van der Waals surface area contributed by atoms with Crippen LogP contribution in [-0.4, -0.2) is 70.4 Å². The van der Waals surface area contributed by atoms with E-state index in [1.807, 2.05) is 0 Å². The summed E-state index contributed by atoms with van der Waals surface area (Å²) in [6, 6.07) is 0. The highest BCUT2D eigenvalue weighted by Gasteiger charge is 2.85. The molecule has 4 aliphatic rings. The predicted octanol–water partition coefficient (Wildman–Crippen LogP) is -1.48. The second-order valence-corrected chi connectivity index (χ2v) is 8.11. The summed E-state index contributed by atoms with van der Waals surface area (Å²) in [5.74, 6) is -2.71. The van der Waals surface area contributed by atoms with E-state index in [4.69, 9.17) is 14.2 Å². The molecule has 9 nitrogen and oxygen atoms in total. The predicted molar refractivity (Wildman–Crippen MR) is 81.2 cm³/mol. The highest BCUT2D eigenvalue weighted by atomic mass is 16.7. The molecule has 2 bridgehead atoms. The molecule has 9 heteroatoms. The van der Waals surface area contributed by atoms with Gasteiger partial charge in [0.05, 0.1) is 17.4 Å². The topological polar surface area (TPSA) is 140 Å². The van der Waals surface area contributed by atoms with E-state index in [2.05, 4.69) is 0 Å². The number of carbonyl (C=O) groups excluding carboxylic acids is 3. The first kappa shape index (κ1) is 17.8. The summed E-state index contributed by atoms with van der Waals surface area (Å²) in [7, 11) is 0. The summed E-state index contributed by atoms with van der Waals surface area (Å²) >= 11 is 0. The first-order valence-electron chi connectivity index (χ1n) is 8.70. The molecule has 0 spiro atoms. The number of hydrogen-bond acceptors (Lipinski definition) is 9. The van der Waals surface area contributed by atoms with Crippen molar-refractivity contribution in [2.45, 2.75) is 56.9 Å². The zero-order valence-corrected chi connectivity index (χ0v) is 14.5. The SMILES string of the molecule is C[C@@H]1C(=O)OC2CC3(C)C4(OC(O)C3([C@@H](O)C=O)C[C@@H](O)COC4=O)C21. The molecule has 3 aliphatic heterocycles. The minimum atomic E-state index is -1.76. The van der Waals surface area contributed by atoms with Gasteiger partial charge in [-0.25, -0.2) is 4.79 Å². The smallest absolute Gasteiger partial charge is 0.339 e. The van der Waals surface area contributed by atoms with Crippen molar-refractivity contribution >= 4 is 18.2 Å². The number of cyclic esters (lactones) is 1. The molecule has 0 aromatic carbocycles. The Morgan fingerprint density at radius 1 is 1.27 bits per heavy atom. The molecule has 1 saturated carbocycles. The van der Waals surface area contributed by atoms with Crippen LogP contribution in [-0.2, 0) is 28.6 Å². The Labute approximate surface area is 149 Å². The number of esters is 2. The first-order valence-corrected chi connectivity index (χ1v) is 8.70. The lowest BCUT2D eigenvalue weighted by Crippen LogP contribution is -2.62. The van der Waals surface area contributed by atoms with Crippen molar-refractivity contribution < 1.29 is 43.9 Å². The van der Waals surface area contributed by atoms with Gasteiger partial charge in [0.15, 0.2) is 11.9 Å². The van der Waals surface area contributed by atoms with Gasteiger partial charge in [-0.15, -0.1) is 0 Å². The summed E-state index contributed by atoms with van der Waals surface area (Å²) < 4.78 is 16.4. The number of aliphatic hydroxyl groups is 3. The monoisotopic (exact) mass is 370 g/mol. The Morgan fingerprint density at radius 3 is 2.62 bits per heavy atom. The van der Waals surface area contributed by atoms with Gasteiger partial charge in [0, 0.05) is 11.3 Å². The molecule has 4 rings (SSSR count). The summed E-state index contributed by atoms with van der Waals surface area (Å²) in [6.45, 7) is 2.87. The second kappa shape index (κ2) is 5.25. The molecule has 0 aromatic rings. The second-order valence-electron chi connectivity index (χ2n) is 8.11. The number of fused-ring (bicyclic) bond motifs is 1. The largest absolute Gasteiger partial charge is 0.462 e. The van der Waals surface area contributed by atoms with Gasteiger partial charge in [-0.2, -0.15) is 0 Å². The van der Waals surface area contributed by atoms with Crippen LogP contribution in [0.3, 0.4) is 0 Å². The zero-order chi connectivity index (χ0) is 19.1. The Kier molecular flexibility index (Phi) is 3.60.